The Morgan fingerprint density at radius 1 is 1.75 bits per heavy atom. The van der Waals surface area contributed by atoms with E-state index < -0.39 is 0 Å². The van der Waals surface area contributed by atoms with E-state index in [-0.39, 0.29) is 6.04 Å². The molecule has 0 radical (unpaired) electrons. The summed E-state index contributed by atoms with van der Waals surface area (Å²) in [6.45, 7) is 0. The maximum Gasteiger partial charge on any atom is 0.273 e. The predicted molar refractivity (Wildman–Crippen MR) is 48.3 cm³/mol. The number of rotatable bonds is 3. The van der Waals surface area contributed by atoms with Gasteiger partial charge in [-0.15, -0.1) is 0 Å². The number of methoxy groups -OCH3 is 1. The molecule has 0 aromatic carbocycles. The molecule has 2 rings (SSSR count). The fourth-order valence-electron chi connectivity index (χ4n) is 1.21. The number of thiazole rings is 1. The van der Waals surface area contributed by atoms with Gasteiger partial charge in [0.2, 0.25) is 0 Å². The van der Waals surface area contributed by atoms with Gasteiger partial charge in [0.05, 0.1) is 18.8 Å². The van der Waals surface area contributed by atoms with E-state index in [9.17, 15) is 0 Å². The second kappa shape index (κ2) is 3.03. The molecule has 1 heterocycles. The van der Waals surface area contributed by atoms with Gasteiger partial charge in [-0.05, 0) is 18.8 Å². The van der Waals surface area contributed by atoms with Crippen molar-refractivity contribution >= 4 is 11.3 Å². The van der Waals surface area contributed by atoms with Crippen molar-refractivity contribution in [3.8, 4) is 5.19 Å². The summed E-state index contributed by atoms with van der Waals surface area (Å²) in [5.74, 6) is 0.664. The van der Waals surface area contributed by atoms with Crippen LogP contribution in [0, 0.1) is 5.92 Å². The second-order valence-corrected chi connectivity index (χ2v) is 3.93. The van der Waals surface area contributed by atoms with Gasteiger partial charge in [0.1, 0.15) is 0 Å². The first kappa shape index (κ1) is 8.01. The highest BCUT2D eigenvalue weighted by Crippen LogP contribution is 2.40. The first-order valence-corrected chi connectivity index (χ1v) is 4.94. The first-order valence-electron chi connectivity index (χ1n) is 4.06. The molecule has 12 heavy (non-hydrogen) atoms. The number of nitrogens with two attached hydrogens (primary N) is 1. The minimum absolute atomic E-state index is 0.130. The van der Waals surface area contributed by atoms with E-state index in [4.69, 9.17) is 10.5 Å². The summed E-state index contributed by atoms with van der Waals surface area (Å²) >= 11 is 1.51. The molecule has 1 aromatic heterocycles. The molecular formula is C8H12N2OS. The molecule has 66 valence electrons. The Bertz CT molecular complexity index is 270. The van der Waals surface area contributed by atoms with Crippen LogP contribution in [-0.4, -0.2) is 12.1 Å². The third-order valence-electron chi connectivity index (χ3n) is 2.15. The van der Waals surface area contributed by atoms with E-state index in [1.807, 2.05) is 5.38 Å². The molecule has 4 heteroatoms. The number of hydrogen-bond acceptors (Lipinski definition) is 4. The van der Waals surface area contributed by atoms with Crippen molar-refractivity contribution in [1.82, 2.24) is 4.98 Å². The molecule has 1 atom stereocenters. The largest absolute Gasteiger partial charge is 0.473 e. The molecule has 1 saturated carbocycles. The average molecular weight is 184 g/mol. The summed E-state index contributed by atoms with van der Waals surface area (Å²) in [5, 5.41) is 2.70. The van der Waals surface area contributed by atoms with E-state index in [0.29, 0.717) is 11.1 Å². The summed E-state index contributed by atoms with van der Waals surface area (Å²) in [5.41, 5.74) is 6.94. The van der Waals surface area contributed by atoms with Crippen LogP contribution >= 0.6 is 11.3 Å². The molecule has 1 aromatic rings. The van der Waals surface area contributed by atoms with Gasteiger partial charge in [-0.2, -0.15) is 0 Å². The predicted octanol–water partition coefficient (Wildman–Crippen LogP) is 1.56. The normalized spacial score (nSPS) is 19.2. The Morgan fingerprint density at radius 2 is 2.50 bits per heavy atom. The molecule has 0 saturated heterocycles. The topological polar surface area (TPSA) is 48.1 Å². The lowest BCUT2D eigenvalue weighted by atomic mass is 10.1. The molecule has 1 aliphatic rings. The summed E-state index contributed by atoms with van der Waals surface area (Å²) in [6.07, 6.45) is 2.50. The van der Waals surface area contributed by atoms with Crippen molar-refractivity contribution < 1.29 is 4.74 Å². The van der Waals surface area contributed by atoms with Crippen LogP contribution in [0.5, 0.6) is 5.19 Å². The summed E-state index contributed by atoms with van der Waals surface area (Å²) in [7, 11) is 1.63. The van der Waals surface area contributed by atoms with E-state index in [1.165, 1.54) is 24.2 Å². The van der Waals surface area contributed by atoms with E-state index in [2.05, 4.69) is 4.98 Å². The van der Waals surface area contributed by atoms with Gasteiger partial charge >= 0.3 is 0 Å². The maximum atomic E-state index is 5.96. The molecule has 0 amide bonds. The highest BCUT2D eigenvalue weighted by Gasteiger charge is 2.30. The van der Waals surface area contributed by atoms with Gasteiger partial charge in [0, 0.05) is 5.38 Å². The van der Waals surface area contributed by atoms with Gasteiger partial charge in [-0.25, -0.2) is 4.98 Å². The Balaban J connectivity index is 2.10. The van der Waals surface area contributed by atoms with Gasteiger partial charge in [0.15, 0.2) is 0 Å². The van der Waals surface area contributed by atoms with Gasteiger partial charge in [-0.3, -0.25) is 0 Å². The van der Waals surface area contributed by atoms with Crippen molar-refractivity contribution in [3.05, 3.63) is 11.1 Å². The molecule has 1 aliphatic carbocycles. The number of ether oxygens (including phenoxy) is 1. The van der Waals surface area contributed by atoms with E-state index in [0.717, 1.165) is 5.69 Å². The summed E-state index contributed by atoms with van der Waals surface area (Å²) in [4.78, 5) is 4.26. The molecule has 2 N–H and O–H groups in total. The first-order chi connectivity index (χ1) is 5.81. The van der Waals surface area contributed by atoms with Crippen molar-refractivity contribution in [3.63, 3.8) is 0 Å². The van der Waals surface area contributed by atoms with Crippen LogP contribution < -0.4 is 10.5 Å². The monoisotopic (exact) mass is 184 g/mol. The van der Waals surface area contributed by atoms with Crippen LogP contribution in [0.3, 0.4) is 0 Å². The van der Waals surface area contributed by atoms with Crippen molar-refractivity contribution in [2.24, 2.45) is 11.7 Å². The van der Waals surface area contributed by atoms with Gasteiger partial charge in [0.25, 0.3) is 5.19 Å². The Hall–Kier alpha value is -0.610. The Kier molecular flexibility index (Phi) is 2.02. The lowest BCUT2D eigenvalue weighted by Gasteiger charge is -2.04. The molecule has 3 nitrogen and oxygen atoms in total. The smallest absolute Gasteiger partial charge is 0.273 e. The Morgan fingerprint density at radius 3 is 3.00 bits per heavy atom. The van der Waals surface area contributed by atoms with Crippen molar-refractivity contribution in [2.75, 3.05) is 7.11 Å². The number of hydrogen-bond donors (Lipinski definition) is 1. The quantitative estimate of drug-likeness (QED) is 0.775. The average Bonchev–Trinajstić information content (AvgIpc) is 2.82. The fourth-order valence-corrected chi connectivity index (χ4v) is 1.90. The third kappa shape index (κ3) is 1.44. The minimum atomic E-state index is 0.130. The molecule has 1 unspecified atom stereocenters. The van der Waals surface area contributed by atoms with E-state index in [1.54, 1.807) is 7.11 Å². The van der Waals surface area contributed by atoms with Crippen LogP contribution in [0.4, 0.5) is 0 Å². The fraction of sp³-hybridized carbons (Fsp3) is 0.625. The van der Waals surface area contributed by atoms with Crippen LogP contribution in [0.15, 0.2) is 5.38 Å². The molecular weight excluding hydrogens is 172 g/mol. The van der Waals surface area contributed by atoms with Crippen molar-refractivity contribution in [1.29, 1.82) is 0 Å². The highest BCUT2D eigenvalue weighted by molar-refractivity contribution is 7.11. The molecule has 1 fully saturated rings. The number of nitrogens with zero attached hydrogens (tertiary/aromatic N) is 1. The number of aromatic nitrogens is 1. The van der Waals surface area contributed by atoms with Crippen LogP contribution in [0.1, 0.15) is 24.6 Å². The zero-order valence-electron chi connectivity index (χ0n) is 6.99. The SMILES string of the molecule is COc1nc(C(N)C2CC2)cs1. The minimum Gasteiger partial charge on any atom is -0.473 e. The zero-order chi connectivity index (χ0) is 8.55. The third-order valence-corrected chi connectivity index (χ3v) is 2.97. The molecule has 0 spiro atoms. The van der Waals surface area contributed by atoms with Crippen LogP contribution in [-0.2, 0) is 0 Å². The standard InChI is InChI=1S/C8H12N2OS/c1-11-8-10-6(4-12-8)7(9)5-2-3-5/h4-5,7H,2-3,9H2,1H3. The highest BCUT2D eigenvalue weighted by atomic mass is 32.1. The van der Waals surface area contributed by atoms with Crippen molar-refractivity contribution in [2.45, 2.75) is 18.9 Å². The lowest BCUT2D eigenvalue weighted by molar-refractivity contribution is 0.409. The van der Waals surface area contributed by atoms with Gasteiger partial charge in [-0.1, -0.05) is 11.3 Å². The zero-order valence-corrected chi connectivity index (χ0v) is 7.80. The van der Waals surface area contributed by atoms with E-state index >= 15 is 0 Å². The molecule has 0 aliphatic heterocycles. The Labute approximate surface area is 75.6 Å². The second-order valence-electron chi connectivity index (χ2n) is 3.11. The van der Waals surface area contributed by atoms with Crippen LogP contribution in [0.25, 0.3) is 0 Å². The molecule has 0 bridgehead atoms. The summed E-state index contributed by atoms with van der Waals surface area (Å²) < 4.78 is 5.00. The lowest BCUT2D eigenvalue weighted by Crippen LogP contribution is -2.12. The summed E-state index contributed by atoms with van der Waals surface area (Å²) in [6, 6.07) is 0.130. The van der Waals surface area contributed by atoms with Gasteiger partial charge < -0.3 is 10.5 Å². The van der Waals surface area contributed by atoms with Crippen LogP contribution in [0.2, 0.25) is 0 Å². The maximum absolute atomic E-state index is 5.96.